The van der Waals surface area contributed by atoms with Crippen molar-refractivity contribution < 1.29 is 5.11 Å². The fraction of sp³-hybridized carbons (Fsp3) is 0.400. The molecular formula is C5H12N4O. The lowest BCUT2D eigenvalue weighted by molar-refractivity contribution is 0.465. The van der Waals surface area contributed by atoms with Crippen molar-refractivity contribution in [3.63, 3.8) is 0 Å². The van der Waals surface area contributed by atoms with Crippen LogP contribution in [0.15, 0.2) is 12.0 Å². The van der Waals surface area contributed by atoms with E-state index < -0.39 is 0 Å². The number of rotatable bonds is 4. The molecule has 0 bridgehead atoms. The Morgan fingerprint density at radius 1 is 1.70 bits per heavy atom. The van der Waals surface area contributed by atoms with E-state index in [1.165, 1.54) is 0 Å². The summed E-state index contributed by atoms with van der Waals surface area (Å²) >= 11 is 0. The predicted molar refractivity (Wildman–Crippen MR) is 39.7 cm³/mol. The van der Waals surface area contributed by atoms with E-state index in [0.717, 1.165) is 6.26 Å². The Morgan fingerprint density at radius 3 is 2.60 bits per heavy atom. The monoisotopic (exact) mass is 144 g/mol. The highest BCUT2D eigenvalue weighted by Crippen LogP contribution is 1.82. The average molecular weight is 144 g/mol. The van der Waals surface area contributed by atoms with Gasteiger partial charge in [-0.15, -0.1) is 0 Å². The Labute approximate surface area is 59.2 Å². The SMILES string of the molecule is N=C(N)C(=CO)NCCN. The van der Waals surface area contributed by atoms with Gasteiger partial charge in [0.05, 0.1) is 0 Å². The van der Waals surface area contributed by atoms with Crippen LogP contribution in [0.4, 0.5) is 0 Å². The van der Waals surface area contributed by atoms with Crippen LogP contribution >= 0.6 is 0 Å². The highest BCUT2D eigenvalue weighted by Gasteiger charge is 1.96. The zero-order valence-corrected chi connectivity index (χ0v) is 5.59. The van der Waals surface area contributed by atoms with Crippen molar-refractivity contribution in [2.24, 2.45) is 11.5 Å². The summed E-state index contributed by atoms with van der Waals surface area (Å²) in [6, 6.07) is 0. The summed E-state index contributed by atoms with van der Waals surface area (Å²) < 4.78 is 0. The van der Waals surface area contributed by atoms with E-state index in [2.05, 4.69) is 5.32 Å². The molecule has 0 aliphatic rings. The molecule has 0 saturated carbocycles. The zero-order valence-electron chi connectivity index (χ0n) is 5.59. The minimum atomic E-state index is -0.198. The van der Waals surface area contributed by atoms with Gasteiger partial charge in [-0.1, -0.05) is 0 Å². The first kappa shape index (κ1) is 8.77. The molecule has 10 heavy (non-hydrogen) atoms. The number of hydrogen-bond donors (Lipinski definition) is 5. The molecule has 0 radical (unpaired) electrons. The first-order chi connectivity index (χ1) is 4.72. The van der Waals surface area contributed by atoms with Crippen LogP contribution in [0.25, 0.3) is 0 Å². The second kappa shape index (κ2) is 4.63. The third kappa shape index (κ3) is 2.93. The molecule has 0 spiro atoms. The summed E-state index contributed by atoms with van der Waals surface area (Å²) in [4.78, 5) is 0. The van der Waals surface area contributed by atoms with Crippen molar-refractivity contribution in [2.75, 3.05) is 13.1 Å². The average Bonchev–Trinajstić information content (AvgIpc) is 1.89. The van der Waals surface area contributed by atoms with E-state index in [0.29, 0.717) is 13.1 Å². The molecule has 0 aromatic rings. The summed E-state index contributed by atoms with van der Waals surface area (Å²) in [6.07, 6.45) is 0.748. The predicted octanol–water partition coefficient (Wildman–Crippen LogP) is -1.13. The van der Waals surface area contributed by atoms with Crippen LogP contribution in [0.5, 0.6) is 0 Å². The largest absolute Gasteiger partial charge is 0.513 e. The summed E-state index contributed by atoms with van der Waals surface area (Å²) in [5.74, 6) is -0.198. The van der Waals surface area contributed by atoms with Crippen molar-refractivity contribution in [3.8, 4) is 0 Å². The van der Waals surface area contributed by atoms with Crippen LogP contribution in [0.3, 0.4) is 0 Å². The van der Waals surface area contributed by atoms with E-state index in [1.54, 1.807) is 0 Å². The van der Waals surface area contributed by atoms with Gasteiger partial charge < -0.3 is 21.9 Å². The molecule has 0 saturated heterocycles. The molecule has 7 N–H and O–H groups in total. The van der Waals surface area contributed by atoms with E-state index in [-0.39, 0.29) is 11.5 Å². The van der Waals surface area contributed by atoms with Gasteiger partial charge in [0.2, 0.25) is 0 Å². The van der Waals surface area contributed by atoms with Gasteiger partial charge >= 0.3 is 0 Å². The topological polar surface area (TPSA) is 108 Å². The molecule has 0 amide bonds. The zero-order chi connectivity index (χ0) is 7.98. The number of nitrogens with two attached hydrogens (primary N) is 2. The number of nitrogens with one attached hydrogen (secondary N) is 2. The Balaban J connectivity index is 3.74. The van der Waals surface area contributed by atoms with Crippen LogP contribution < -0.4 is 16.8 Å². The van der Waals surface area contributed by atoms with Crippen LogP contribution in [-0.4, -0.2) is 24.0 Å². The first-order valence-corrected chi connectivity index (χ1v) is 2.85. The van der Waals surface area contributed by atoms with E-state index in [1.807, 2.05) is 0 Å². The molecule has 0 unspecified atom stereocenters. The minimum absolute atomic E-state index is 0.198. The quantitative estimate of drug-likeness (QED) is 0.195. The standard InChI is InChI=1S/C5H12N4O/c6-1-2-9-4(3-10)5(7)8/h3,9-10H,1-2,6H2,(H3,7,8). The molecule has 0 aromatic carbocycles. The van der Waals surface area contributed by atoms with Crippen molar-refractivity contribution >= 4 is 5.84 Å². The van der Waals surface area contributed by atoms with Crippen LogP contribution in [0, 0.1) is 5.41 Å². The molecule has 5 nitrogen and oxygen atoms in total. The van der Waals surface area contributed by atoms with Gasteiger partial charge in [0, 0.05) is 13.1 Å². The van der Waals surface area contributed by atoms with Gasteiger partial charge in [-0.3, -0.25) is 5.41 Å². The van der Waals surface area contributed by atoms with E-state index in [9.17, 15) is 0 Å². The van der Waals surface area contributed by atoms with Gasteiger partial charge in [0.1, 0.15) is 17.8 Å². The fourth-order valence-electron chi connectivity index (χ4n) is 0.417. The van der Waals surface area contributed by atoms with Crippen molar-refractivity contribution in [1.29, 1.82) is 5.41 Å². The summed E-state index contributed by atoms with van der Waals surface area (Å²) in [6.45, 7) is 0.927. The fourth-order valence-corrected chi connectivity index (χ4v) is 0.417. The van der Waals surface area contributed by atoms with Crippen LogP contribution in [0.1, 0.15) is 0 Å². The Hall–Kier alpha value is -1.23. The normalized spacial score (nSPS) is 11.1. The summed E-state index contributed by atoms with van der Waals surface area (Å²) in [7, 11) is 0. The van der Waals surface area contributed by atoms with E-state index >= 15 is 0 Å². The molecule has 0 rings (SSSR count). The maximum atomic E-state index is 8.44. The van der Waals surface area contributed by atoms with Crippen LogP contribution in [-0.2, 0) is 0 Å². The maximum absolute atomic E-state index is 8.44. The van der Waals surface area contributed by atoms with Gasteiger partial charge in [-0.05, 0) is 0 Å². The van der Waals surface area contributed by atoms with Crippen molar-refractivity contribution in [2.45, 2.75) is 0 Å². The molecular weight excluding hydrogens is 132 g/mol. The Bertz CT molecular complexity index is 143. The van der Waals surface area contributed by atoms with E-state index in [4.69, 9.17) is 22.0 Å². The number of aliphatic hydroxyl groups excluding tert-OH is 1. The third-order valence-corrected chi connectivity index (χ3v) is 0.879. The van der Waals surface area contributed by atoms with Gasteiger partial charge in [0.25, 0.3) is 0 Å². The Morgan fingerprint density at radius 2 is 2.30 bits per heavy atom. The molecule has 0 fully saturated rings. The molecule has 0 atom stereocenters. The molecule has 0 heterocycles. The molecule has 0 aliphatic heterocycles. The van der Waals surface area contributed by atoms with Crippen LogP contribution in [0.2, 0.25) is 0 Å². The highest BCUT2D eigenvalue weighted by molar-refractivity contribution is 5.93. The third-order valence-electron chi connectivity index (χ3n) is 0.879. The van der Waals surface area contributed by atoms with Gasteiger partial charge in [-0.2, -0.15) is 0 Å². The van der Waals surface area contributed by atoms with Crippen molar-refractivity contribution in [3.05, 3.63) is 12.0 Å². The number of hydrogen-bond acceptors (Lipinski definition) is 4. The maximum Gasteiger partial charge on any atom is 0.142 e. The Kier molecular flexibility index (Phi) is 4.06. The lowest BCUT2D eigenvalue weighted by atomic mass is 10.4. The first-order valence-electron chi connectivity index (χ1n) is 2.85. The summed E-state index contributed by atoms with van der Waals surface area (Å²) in [5.41, 5.74) is 10.4. The molecule has 58 valence electrons. The molecule has 0 aromatic heterocycles. The smallest absolute Gasteiger partial charge is 0.142 e. The molecule has 5 heteroatoms. The summed E-state index contributed by atoms with van der Waals surface area (Å²) in [5, 5.41) is 18.0. The second-order valence-corrected chi connectivity index (χ2v) is 1.67. The lowest BCUT2D eigenvalue weighted by Gasteiger charge is -2.04. The second-order valence-electron chi connectivity index (χ2n) is 1.67. The molecule has 0 aliphatic carbocycles. The minimum Gasteiger partial charge on any atom is -0.513 e. The number of aliphatic hydroxyl groups is 1. The van der Waals surface area contributed by atoms with Gasteiger partial charge in [-0.25, -0.2) is 0 Å². The van der Waals surface area contributed by atoms with Crippen molar-refractivity contribution in [1.82, 2.24) is 5.32 Å². The van der Waals surface area contributed by atoms with Gasteiger partial charge in [0.15, 0.2) is 0 Å². The lowest BCUT2D eigenvalue weighted by Crippen LogP contribution is -2.29. The number of amidine groups is 1. The highest BCUT2D eigenvalue weighted by atomic mass is 16.2.